The van der Waals surface area contributed by atoms with Crippen molar-refractivity contribution >= 4 is 15.9 Å². The average molecular weight is 338 g/mol. The number of alkyl halides is 1. The topological polar surface area (TPSA) is 12.5 Å². The summed E-state index contributed by atoms with van der Waals surface area (Å²) in [7, 11) is 0. The van der Waals surface area contributed by atoms with E-state index in [2.05, 4.69) is 45.1 Å². The summed E-state index contributed by atoms with van der Waals surface area (Å²) in [6, 6.07) is 8.95. The molecule has 0 spiro atoms. The van der Waals surface area contributed by atoms with E-state index < -0.39 is 0 Å². The number of ether oxygens (including phenoxy) is 1. The van der Waals surface area contributed by atoms with Gasteiger partial charge in [-0.3, -0.25) is 4.90 Å². The lowest BCUT2D eigenvalue weighted by Gasteiger charge is -2.39. The van der Waals surface area contributed by atoms with Gasteiger partial charge in [0.15, 0.2) is 0 Å². The van der Waals surface area contributed by atoms with Crippen LogP contribution in [0.4, 0.5) is 0 Å². The Hall–Kier alpha value is -0.380. The maximum absolute atomic E-state index is 5.56. The highest BCUT2D eigenvalue weighted by Gasteiger charge is 2.33. The molecule has 0 radical (unpaired) electrons. The molecule has 0 atom stereocenters. The number of hydrogen-bond acceptors (Lipinski definition) is 2. The molecule has 1 fully saturated rings. The van der Waals surface area contributed by atoms with Gasteiger partial charge in [-0.05, 0) is 48.8 Å². The molecule has 3 rings (SSSR count). The Kier molecular flexibility index (Phi) is 4.79. The van der Waals surface area contributed by atoms with Gasteiger partial charge in [-0.2, -0.15) is 0 Å². The van der Waals surface area contributed by atoms with E-state index in [9.17, 15) is 0 Å². The van der Waals surface area contributed by atoms with Gasteiger partial charge in [-0.1, -0.05) is 40.2 Å². The van der Waals surface area contributed by atoms with Gasteiger partial charge in [0.2, 0.25) is 0 Å². The van der Waals surface area contributed by atoms with E-state index >= 15 is 0 Å². The maximum atomic E-state index is 5.56. The average Bonchev–Trinajstić information content (AvgIpc) is 2.69. The smallest absolute Gasteiger partial charge is 0.0472 e. The molecule has 110 valence electrons. The summed E-state index contributed by atoms with van der Waals surface area (Å²) < 4.78 is 5.56. The van der Waals surface area contributed by atoms with Crippen molar-refractivity contribution < 1.29 is 4.74 Å². The zero-order chi connectivity index (χ0) is 13.8. The van der Waals surface area contributed by atoms with Crippen LogP contribution >= 0.6 is 15.9 Å². The first-order valence-corrected chi connectivity index (χ1v) is 8.86. The Labute approximate surface area is 130 Å². The molecule has 1 aromatic rings. The molecule has 2 nitrogen and oxygen atoms in total. The van der Waals surface area contributed by atoms with Gasteiger partial charge in [0.25, 0.3) is 0 Å². The largest absolute Gasteiger partial charge is 0.381 e. The van der Waals surface area contributed by atoms with Crippen LogP contribution in [0.2, 0.25) is 0 Å². The molecular weight excluding hydrogens is 314 g/mol. The minimum Gasteiger partial charge on any atom is -0.381 e. The van der Waals surface area contributed by atoms with E-state index in [1.54, 1.807) is 5.56 Å². The fraction of sp³-hybridized carbons (Fsp3) is 0.647. The normalized spacial score (nSPS) is 23.1. The van der Waals surface area contributed by atoms with Crippen molar-refractivity contribution in [3.8, 4) is 0 Å². The van der Waals surface area contributed by atoms with Crippen molar-refractivity contribution in [2.45, 2.75) is 32.2 Å². The number of halogens is 1. The Morgan fingerprint density at radius 2 is 1.90 bits per heavy atom. The van der Waals surface area contributed by atoms with E-state index in [-0.39, 0.29) is 0 Å². The van der Waals surface area contributed by atoms with Crippen LogP contribution in [0, 0.1) is 5.41 Å². The van der Waals surface area contributed by atoms with Crippen LogP contribution in [-0.2, 0) is 17.7 Å². The molecule has 0 saturated carbocycles. The van der Waals surface area contributed by atoms with Crippen molar-refractivity contribution in [3.05, 3.63) is 35.4 Å². The molecule has 2 heterocycles. The van der Waals surface area contributed by atoms with E-state index in [0.717, 1.165) is 25.1 Å². The lowest BCUT2D eigenvalue weighted by Crippen LogP contribution is -2.42. The van der Waals surface area contributed by atoms with Gasteiger partial charge < -0.3 is 4.74 Å². The van der Waals surface area contributed by atoms with Crippen molar-refractivity contribution in [1.82, 2.24) is 4.90 Å². The van der Waals surface area contributed by atoms with Gasteiger partial charge >= 0.3 is 0 Å². The highest BCUT2D eigenvalue weighted by atomic mass is 79.9. The molecule has 2 aliphatic rings. The third kappa shape index (κ3) is 3.26. The van der Waals surface area contributed by atoms with Crippen molar-refractivity contribution in [2.75, 3.05) is 31.6 Å². The Morgan fingerprint density at radius 3 is 2.65 bits per heavy atom. The predicted molar refractivity (Wildman–Crippen MR) is 86.3 cm³/mol. The second-order valence-corrected chi connectivity index (χ2v) is 6.89. The van der Waals surface area contributed by atoms with Crippen LogP contribution in [0.25, 0.3) is 0 Å². The molecule has 20 heavy (non-hydrogen) atoms. The third-order valence-corrected chi connectivity index (χ3v) is 6.02. The molecule has 0 unspecified atom stereocenters. The number of benzene rings is 1. The molecule has 0 N–H and O–H groups in total. The third-order valence-electron chi connectivity index (χ3n) is 4.83. The van der Waals surface area contributed by atoms with Crippen LogP contribution < -0.4 is 0 Å². The zero-order valence-electron chi connectivity index (χ0n) is 12.1. The lowest BCUT2D eigenvalue weighted by atomic mass is 9.81. The predicted octanol–water partition coefficient (Wildman–Crippen LogP) is 3.63. The summed E-state index contributed by atoms with van der Waals surface area (Å²) in [4.78, 5) is 2.67. The van der Waals surface area contributed by atoms with Crippen LogP contribution in [-0.4, -0.2) is 36.5 Å². The summed E-state index contributed by atoms with van der Waals surface area (Å²) in [5.41, 5.74) is 3.49. The van der Waals surface area contributed by atoms with Crippen LogP contribution in [0.3, 0.4) is 0 Å². The second kappa shape index (κ2) is 6.59. The monoisotopic (exact) mass is 337 g/mol. The summed E-state index contributed by atoms with van der Waals surface area (Å²) in [6.45, 7) is 5.40. The molecule has 0 aliphatic carbocycles. The quantitative estimate of drug-likeness (QED) is 0.781. The van der Waals surface area contributed by atoms with Gasteiger partial charge in [0.05, 0.1) is 0 Å². The molecule has 0 amide bonds. The lowest BCUT2D eigenvalue weighted by molar-refractivity contribution is 0.00703. The Morgan fingerprint density at radius 1 is 1.15 bits per heavy atom. The highest BCUT2D eigenvalue weighted by molar-refractivity contribution is 9.09. The molecule has 3 heteroatoms. The van der Waals surface area contributed by atoms with Gasteiger partial charge in [0, 0.05) is 31.6 Å². The van der Waals surface area contributed by atoms with Gasteiger partial charge in [-0.15, -0.1) is 0 Å². The minimum absolute atomic E-state index is 0.414. The Balaban J connectivity index is 1.71. The van der Waals surface area contributed by atoms with Gasteiger partial charge in [-0.25, -0.2) is 0 Å². The highest BCUT2D eigenvalue weighted by Crippen LogP contribution is 2.34. The first-order valence-electron chi connectivity index (χ1n) is 7.74. The second-order valence-electron chi connectivity index (χ2n) is 6.33. The van der Waals surface area contributed by atoms with Gasteiger partial charge in [0.1, 0.15) is 0 Å². The fourth-order valence-corrected chi connectivity index (χ4v) is 4.25. The standard InChI is InChI=1S/C17H24BrNO/c18-13-17(7-10-20-11-8-17)14-19-9-3-6-15-4-1-2-5-16(15)12-19/h1-2,4-5H,3,6-14H2. The van der Waals surface area contributed by atoms with Crippen molar-refractivity contribution in [1.29, 1.82) is 0 Å². The number of aryl methyl sites for hydroxylation is 1. The SMILES string of the molecule is BrCC1(CN2CCCc3ccccc3C2)CCOCC1. The van der Waals surface area contributed by atoms with Crippen LogP contribution in [0.5, 0.6) is 0 Å². The molecular formula is C17H24BrNO. The van der Waals surface area contributed by atoms with E-state index in [1.807, 2.05) is 0 Å². The number of hydrogen-bond donors (Lipinski definition) is 0. The van der Waals surface area contributed by atoms with E-state index in [0.29, 0.717) is 5.41 Å². The van der Waals surface area contributed by atoms with Crippen molar-refractivity contribution in [2.24, 2.45) is 5.41 Å². The Bertz CT molecular complexity index is 442. The molecule has 1 aromatic carbocycles. The number of nitrogens with zero attached hydrogens (tertiary/aromatic N) is 1. The summed E-state index contributed by atoms with van der Waals surface area (Å²) in [5, 5.41) is 1.10. The fourth-order valence-electron chi connectivity index (χ4n) is 3.52. The number of rotatable bonds is 3. The van der Waals surface area contributed by atoms with Crippen LogP contribution in [0.15, 0.2) is 24.3 Å². The van der Waals surface area contributed by atoms with E-state index in [1.165, 1.54) is 44.3 Å². The molecule has 2 aliphatic heterocycles. The zero-order valence-corrected chi connectivity index (χ0v) is 13.7. The molecule has 1 saturated heterocycles. The summed E-state index contributed by atoms with van der Waals surface area (Å²) >= 11 is 3.76. The molecule has 0 aromatic heterocycles. The molecule has 0 bridgehead atoms. The summed E-state index contributed by atoms with van der Waals surface area (Å²) in [6.07, 6.45) is 4.90. The van der Waals surface area contributed by atoms with Crippen LogP contribution in [0.1, 0.15) is 30.4 Å². The summed E-state index contributed by atoms with van der Waals surface area (Å²) in [5.74, 6) is 0. The van der Waals surface area contributed by atoms with E-state index in [4.69, 9.17) is 4.74 Å². The first-order chi connectivity index (χ1) is 9.81. The minimum atomic E-state index is 0.414. The maximum Gasteiger partial charge on any atom is 0.0472 e. The van der Waals surface area contributed by atoms with Crippen molar-refractivity contribution in [3.63, 3.8) is 0 Å². The first kappa shape index (κ1) is 14.6. The number of fused-ring (bicyclic) bond motifs is 1.